The van der Waals surface area contributed by atoms with Gasteiger partial charge in [0.15, 0.2) is 5.13 Å². The average molecular weight is 318 g/mol. The highest BCUT2D eigenvalue weighted by Gasteiger charge is 2.19. The minimum absolute atomic E-state index is 0.0897. The zero-order valence-corrected chi connectivity index (χ0v) is 13.2. The molecule has 22 heavy (non-hydrogen) atoms. The topological polar surface area (TPSA) is 97.1 Å². The van der Waals surface area contributed by atoms with Crippen LogP contribution in [0.25, 0.3) is 0 Å². The number of hydrogen-bond acceptors (Lipinski definition) is 4. The van der Waals surface area contributed by atoms with Gasteiger partial charge in [-0.2, -0.15) is 0 Å². The van der Waals surface area contributed by atoms with E-state index in [-0.39, 0.29) is 12.3 Å². The van der Waals surface area contributed by atoms with Crippen LogP contribution in [0.5, 0.6) is 0 Å². The molecule has 2 rings (SSSR count). The molecule has 0 fully saturated rings. The van der Waals surface area contributed by atoms with Gasteiger partial charge < -0.3 is 16.4 Å². The largest absolute Gasteiger partial charge is 0.352 e. The van der Waals surface area contributed by atoms with E-state index in [1.165, 1.54) is 11.3 Å². The summed E-state index contributed by atoms with van der Waals surface area (Å²) in [6.45, 7) is 3.78. The fourth-order valence-corrected chi connectivity index (χ4v) is 2.86. The highest BCUT2D eigenvalue weighted by Crippen LogP contribution is 2.22. The second-order valence-electron chi connectivity index (χ2n) is 4.96. The molecule has 3 amide bonds. The van der Waals surface area contributed by atoms with Crippen LogP contribution in [0.4, 0.5) is 9.93 Å². The van der Waals surface area contributed by atoms with Crippen molar-refractivity contribution in [2.24, 2.45) is 5.73 Å². The molecule has 0 aliphatic rings. The highest BCUT2D eigenvalue weighted by molar-refractivity contribution is 7.13. The van der Waals surface area contributed by atoms with E-state index < -0.39 is 12.1 Å². The number of rotatable bonds is 5. The summed E-state index contributed by atoms with van der Waals surface area (Å²) in [7, 11) is 0. The monoisotopic (exact) mass is 318 g/mol. The first kappa shape index (κ1) is 16.0. The number of primary amides is 1. The Morgan fingerprint density at radius 1 is 1.32 bits per heavy atom. The molecule has 0 aliphatic heterocycles. The maximum absolute atomic E-state index is 12.2. The number of hydrogen-bond donors (Lipinski definition) is 3. The number of nitrogens with two attached hydrogens (primary N) is 1. The first-order valence-electron chi connectivity index (χ1n) is 6.79. The molecule has 116 valence electrons. The lowest BCUT2D eigenvalue weighted by Gasteiger charge is -2.19. The lowest BCUT2D eigenvalue weighted by molar-refractivity contribution is -0.116. The Hall–Kier alpha value is -2.41. The third-order valence-electron chi connectivity index (χ3n) is 3.14. The molecule has 2 aromatic rings. The maximum atomic E-state index is 12.2. The molecule has 6 nitrogen and oxygen atoms in total. The Morgan fingerprint density at radius 2 is 2.05 bits per heavy atom. The van der Waals surface area contributed by atoms with Gasteiger partial charge in [-0.15, -0.1) is 11.3 Å². The number of amides is 3. The van der Waals surface area contributed by atoms with E-state index in [1.807, 2.05) is 43.5 Å². The van der Waals surface area contributed by atoms with Gasteiger partial charge >= 0.3 is 6.03 Å². The molecule has 0 bridgehead atoms. The van der Waals surface area contributed by atoms with E-state index >= 15 is 0 Å². The van der Waals surface area contributed by atoms with Gasteiger partial charge in [-0.3, -0.25) is 4.79 Å². The molecular weight excluding hydrogens is 300 g/mol. The van der Waals surface area contributed by atoms with Gasteiger partial charge in [-0.1, -0.05) is 24.3 Å². The highest BCUT2D eigenvalue weighted by atomic mass is 32.1. The van der Waals surface area contributed by atoms with Crippen LogP contribution in [0.1, 0.15) is 29.3 Å². The first-order valence-corrected chi connectivity index (χ1v) is 7.67. The van der Waals surface area contributed by atoms with Crippen molar-refractivity contribution in [3.63, 3.8) is 0 Å². The number of benzene rings is 1. The zero-order valence-electron chi connectivity index (χ0n) is 12.4. The van der Waals surface area contributed by atoms with Gasteiger partial charge in [0, 0.05) is 5.38 Å². The van der Waals surface area contributed by atoms with Crippen LogP contribution >= 0.6 is 11.3 Å². The smallest absolute Gasteiger partial charge is 0.312 e. The molecule has 0 unspecified atom stereocenters. The second kappa shape index (κ2) is 7.04. The SMILES string of the molecule is Cc1csc(NC(=O)C[C@@H](NC(N)=O)c2ccccc2C)n1. The minimum Gasteiger partial charge on any atom is -0.352 e. The molecule has 0 radical (unpaired) electrons. The predicted molar refractivity (Wildman–Crippen MR) is 86.7 cm³/mol. The van der Waals surface area contributed by atoms with Crippen molar-refractivity contribution in [1.29, 1.82) is 0 Å². The van der Waals surface area contributed by atoms with Crippen molar-refractivity contribution in [1.82, 2.24) is 10.3 Å². The van der Waals surface area contributed by atoms with Crippen LogP contribution in [0.15, 0.2) is 29.6 Å². The fraction of sp³-hybridized carbons (Fsp3) is 0.267. The molecule has 4 N–H and O–H groups in total. The van der Waals surface area contributed by atoms with E-state index in [0.29, 0.717) is 5.13 Å². The lowest BCUT2D eigenvalue weighted by Crippen LogP contribution is -2.35. The molecule has 0 spiro atoms. The van der Waals surface area contributed by atoms with Crippen molar-refractivity contribution in [3.05, 3.63) is 46.5 Å². The second-order valence-corrected chi connectivity index (χ2v) is 5.82. The summed E-state index contributed by atoms with van der Waals surface area (Å²) in [6.07, 6.45) is 0.0897. The van der Waals surface area contributed by atoms with E-state index in [9.17, 15) is 9.59 Å². The maximum Gasteiger partial charge on any atom is 0.312 e. The number of carbonyl (C=O) groups is 2. The predicted octanol–water partition coefficient (Wildman–Crippen LogP) is 2.50. The quantitative estimate of drug-likeness (QED) is 0.790. The number of anilines is 1. The van der Waals surface area contributed by atoms with Gasteiger partial charge in [0.1, 0.15) is 0 Å². The number of nitrogens with zero attached hydrogens (tertiary/aromatic N) is 1. The normalized spacial score (nSPS) is 11.7. The van der Waals surface area contributed by atoms with Crippen molar-refractivity contribution >= 4 is 28.4 Å². The van der Waals surface area contributed by atoms with Gasteiger partial charge in [0.05, 0.1) is 18.2 Å². The molecule has 0 saturated carbocycles. The number of carbonyl (C=O) groups excluding carboxylic acids is 2. The van der Waals surface area contributed by atoms with Crippen LogP contribution in [0.3, 0.4) is 0 Å². The van der Waals surface area contributed by atoms with Crippen molar-refractivity contribution in [2.75, 3.05) is 5.32 Å². The Morgan fingerprint density at radius 3 is 2.64 bits per heavy atom. The molecule has 0 aliphatic carbocycles. The van der Waals surface area contributed by atoms with Gasteiger partial charge in [0.25, 0.3) is 0 Å². The van der Waals surface area contributed by atoms with Gasteiger partial charge in [-0.25, -0.2) is 9.78 Å². The molecule has 0 saturated heterocycles. The third-order valence-corrected chi connectivity index (χ3v) is 4.01. The molecule has 1 heterocycles. The van der Waals surface area contributed by atoms with Crippen LogP contribution in [0.2, 0.25) is 0 Å². The van der Waals surface area contributed by atoms with E-state index in [1.54, 1.807) is 0 Å². The third kappa shape index (κ3) is 4.29. The van der Waals surface area contributed by atoms with E-state index in [4.69, 9.17) is 5.73 Å². The summed E-state index contributed by atoms with van der Waals surface area (Å²) in [5.74, 6) is -0.226. The van der Waals surface area contributed by atoms with Crippen molar-refractivity contribution in [2.45, 2.75) is 26.3 Å². The Labute approximate surface area is 132 Å². The van der Waals surface area contributed by atoms with E-state index in [2.05, 4.69) is 15.6 Å². The first-order chi connectivity index (χ1) is 10.5. The summed E-state index contributed by atoms with van der Waals surface area (Å²) in [4.78, 5) is 27.6. The summed E-state index contributed by atoms with van der Waals surface area (Å²) in [5, 5.41) is 7.76. The number of urea groups is 1. The van der Waals surface area contributed by atoms with Crippen LogP contribution < -0.4 is 16.4 Å². The van der Waals surface area contributed by atoms with Crippen LogP contribution in [0, 0.1) is 13.8 Å². The van der Waals surface area contributed by atoms with Gasteiger partial charge in [0.2, 0.25) is 5.91 Å². The number of nitrogens with one attached hydrogen (secondary N) is 2. The molecule has 1 aromatic carbocycles. The van der Waals surface area contributed by atoms with Crippen LogP contribution in [-0.4, -0.2) is 16.9 Å². The molecular formula is C15H18N4O2S. The zero-order chi connectivity index (χ0) is 16.1. The molecule has 1 aromatic heterocycles. The van der Waals surface area contributed by atoms with Crippen molar-refractivity contribution in [3.8, 4) is 0 Å². The summed E-state index contributed by atoms with van der Waals surface area (Å²) in [6, 6.07) is 6.42. The Balaban J connectivity index is 2.11. The van der Waals surface area contributed by atoms with Crippen LogP contribution in [-0.2, 0) is 4.79 Å². The standard InChI is InChI=1S/C15H18N4O2S/c1-9-5-3-4-6-11(9)12(18-14(16)21)7-13(20)19-15-17-10(2)8-22-15/h3-6,8,12H,7H2,1-2H3,(H3,16,18,21)(H,17,19,20)/t12-/m1/s1. The van der Waals surface area contributed by atoms with E-state index in [0.717, 1.165) is 16.8 Å². The van der Waals surface area contributed by atoms with Gasteiger partial charge in [-0.05, 0) is 25.0 Å². The minimum atomic E-state index is -0.661. The number of aromatic nitrogens is 1. The number of aryl methyl sites for hydroxylation is 2. The van der Waals surface area contributed by atoms with Crippen molar-refractivity contribution < 1.29 is 9.59 Å². The summed E-state index contributed by atoms with van der Waals surface area (Å²) < 4.78 is 0. The Bertz CT molecular complexity index is 684. The Kier molecular flexibility index (Phi) is 5.11. The summed E-state index contributed by atoms with van der Waals surface area (Å²) in [5.41, 5.74) is 7.93. The number of thiazole rings is 1. The molecule has 1 atom stereocenters. The summed E-state index contributed by atoms with van der Waals surface area (Å²) >= 11 is 1.36. The molecule has 7 heteroatoms. The average Bonchev–Trinajstić information content (AvgIpc) is 2.83. The lowest BCUT2D eigenvalue weighted by atomic mass is 9.98. The fourth-order valence-electron chi connectivity index (χ4n) is 2.16.